The summed E-state index contributed by atoms with van der Waals surface area (Å²) < 4.78 is 0. The Kier molecular flexibility index (Phi) is 4.26. The van der Waals surface area contributed by atoms with E-state index in [1.165, 1.54) is 5.56 Å². The zero-order valence-corrected chi connectivity index (χ0v) is 11.4. The first-order valence-corrected chi connectivity index (χ1v) is 6.66. The molecule has 0 spiro atoms. The number of benzene rings is 1. The Hall–Kier alpha value is -1.48. The van der Waals surface area contributed by atoms with E-state index in [0.717, 1.165) is 24.0 Å². The third-order valence-corrected chi connectivity index (χ3v) is 3.13. The van der Waals surface area contributed by atoms with Crippen LogP contribution in [0.2, 0.25) is 0 Å². The van der Waals surface area contributed by atoms with Gasteiger partial charge >= 0.3 is 0 Å². The van der Waals surface area contributed by atoms with E-state index in [4.69, 9.17) is 0 Å². The number of nitrogens with zero attached hydrogens (tertiary/aromatic N) is 2. The quantitative estimate of drug-likeness (QED) is 0.875. The lowest BCUT2D eigenvalue weighted by atomic mass is 9.95. The van der Waals surface area contributed by atoms with E-state index in [-0.39, 0.29) is 0 Å². The molecule has 3 nitrogen and oxygen atoms in total. The van der Waals surface area contributed by atoms with Crippen LogP contribution in [0, 0.1) is 5.92 Å². The van der Waals surface area contributed by atoms with Gasteiger partial charge in [0.25, 0.3) is 0 Å². The SMILES string of the molecule is CCCNC(c1ccc2nccnc2c1)C(C)C. The number of fused-ring (bicyclic) bond motifs is 1. The van der Waals surface area contributed by atoms with Crippen LogP contribution in [-0.2, 0) is 0 Å². The van der Waals surface area contributed by atoms with Gasteiger partial charge in [-0.3, -0.25) is 9.97 Å². The largest absolute Gasteiger partial charge is 0.310 e. The van der Waals surface area contributed by atoms with Crippen molar-refractivity contribution < 1.29 is 0 Å². The normalized spacial score (nSPS) is 13.1. The zero-order valence-electron chi connectivity index (χ0n) is 11.4. The predicted octanol–water partition coefficient (Wildman–Crippen LogP) is 3.33. The van der Waals surface area contributed by atoms with Gasteiger partial charge in [-0.25, -0.2) is 0 Å². The third kappa shape index (κ3) is 2.85. The van der Waals surface area contributed by atoms with Crippen molar-refractivity contribution in [3.8, 4) is 0 Å². The Labute approximate surface area is 109 Å². The maximum absolute atomic E-state index is 4.37. The number of hydrogen-bond acceptors (Lipinski definition) is 3. The van der Waals surface area contributed by atoms with Gasteiger partial charge in [0.2, 0.25) is 0 Å². The molecule has 0 saturated heterocycles. The molecule has 0 bridgehead atoms. The highest BCUT2D eigenvalue weighted by Crippen LogP contribution is 2.23. The molecule has 1 N–H and O–H groups in total. The number of aromatic nitrogens is 2. The Morgan fingerprint density at radius 3 is 2.50 bits per heavy atom. The summed E-state index contributed by atoms with van der Waals surface area (Å²) in [6.45, 7) is 7.72. The number of hydrogen-bond donors (Lipinski definition) is 1. The summed E-state index contributed by atoms with van der Waals surface area (Å²) in [5.74, 6) is 0.561. The van der Waals surface area contributed by atoms with Crippen molar-refractivity contribution in [2.24, 2.45) is 5.92 Å². The molecule has 1 aromatic heterocycles. The van der Waals surface area contributed by atoms with Crippen molar-refractivity contribution in [3.05, 3.63) is 36.2 Å². The molecule has 1 aromatic carbocycles. The molecule has 3 heteroatoms. The summed E-state index contributed by atoms with van der Waals surface area (Å²) in [6.07, 6.45) is 4.63. The molecule has 1 unspecified atom stereocenters. The first kappa shape index (κ1) is 13.0. The lowest BCUT2D eigenvalue weighted by molar-refractivity contribution is 0.413. The van der Waals surface area contributed by atoms with E-state index < -0.39 is 0 Å². The highest BCUT2D eigenvalue weighted by Gasteiger charge is 2.15. The molecule has 2 aromatic rings. The molecule has 0 aliphatic heterocycles. The number of rotatable bonds is 5. The molecular formula is C15H21N3. The molecule has 2 rings (SSSR count). The van der Waals surface area contributed by atoms with Crippen LogP contribution >= 0.6 is 0 Å². The summed E-state index contributed by atoms with van der Waals surface area (Å²) in [6, 6.07) is 6.75. The third-order valence-electron chi connectivity index (χ3n) is 3.13. The summed E-state index contributed by atoms with van der Waals surface area (Å²) in [4.78, 5) is 8.68. The lowest BCUT2D eigenvalue weighted by Crippen LogP contribution is -2.26. The van der Waals surface area contributed by atoms with Gasteiger partial charge in [-0.1, -0.05) is 26.8 Å². The van der Waals surface area contributed by atoms with Gasteiger partial charge in [0.05, 0.1) is 11.0 Å². The fraction of sp³-hybridized carbons (Fsp3) is 0.467. The molecule has 0 amide bonds. The Balaban J connectivity index is 2.32. The lowest BCUT2D eigenvalue weighted by Gasteiger charge is -2.23. The van der Waals surface area contributed by atoms with E-state index in [1.54, 1.807) is 12.4 Å². The van der Waals surface area contributed by atoms with Gasteiger partial charge in [-0.15, -0.1) is 0 Å². The average molecular weight is 243 g/mol. The smallest absolute Gasteiger partial charge is 0.0890 e. The minimum absolute atomic E-state index is 0.386. The highest BCUT2D eigenvalue weighted by atomic mass is 14.9. The average Bonchev–Trinajstić information content (AvgIpc) is 2.38. The van der Waals surface area contributed by atoms with Crippen molar-refractivity contribution in [3.63, 3.8) is 0 Å². The van der Waals surface area contributed by atoms with E-state index in [0.29, 0.717) is 12.0 Å². The highest BCUT2D eigenvalue weighted by molar-refractivity contribution is 5.74. The summed E-state index contributed by atoms with van der Waals surface area (Å²) in [5.41, 5.74) is 3.23. The topological polar surface area (TPSA) is 37.8 Å². The van der Waals surface area contributed by atoms with Crippen molar-refractivity contribution >= 4 is 11.0 Å². The summed E-state index contributed by atoms with van der Waals surface area (Å²) in [7, 11) is 0. The van der Waals surface area contributed by atoms with E-state index in [2.05, 4.69) is 54.3 Å². The first-order chi connectivity index (χ1) is 8.72. The van der Waals surface area contributed by atoms with Gasteiger partial charge < -0.3 is 5.32 Å². The van der Waals surface area contributed by atoms with Gasteiger partial charge in [-0.05, 0) is 36.6 Å². The van der Waals surface area contributed by atoms with Crippen molar-refractivity contribution in [2.75, 3.05) is 6.54 Å². The second-order valence-electron chi connectivity index (χ2n) is 4.98. The fourth-order valence-corrected chi connectivity index (χ4v) is 2.21. The van der Waals surface area contributed by atoms with Crippen LogP contribution in [-0.4, -0.2) is 16.5 Å². The van der Waals surface area contributed by atoms with Gasteiger partial charge in [-0.2, -0.15) is 0 Å². The Morgan fingerprint density at radius 2 is 1.83 bits per heavy atom. The molecule has 96 valence electrons. The summed E-state index contributed by atoms with van der Waals surface area (Å²) >= 11 is 0. The number of nitrogens with one attached hydrogen (secondary N) is 1. The molecule has 1 heterocycles. The molecule has 18 heavy (non-hydrogen) atoms. The molecule has 0 aliphatic carbocycles. The molecular weight excluding hydrogens is 222 g/mol. The van der Waals surface area contributed by atoms with Crippen LogP contribution in [0.4, 0.5) is 0 Å². The van der Waals surface area contributed by atoms with Crippen LogP contribution in [0.25, 0.3) is 11.0 Å². The molecule has 0 aliphatic rings. The maximum Gasteiger partial charge on any atom is 0.0890 e. The van der Waals surface area contributed by atoms with Crippen molar-refractivity contribution in [2.45, 2.75) is 33.2 Å². The molecule has 0 fully saturated rings. The Bertz CT molecular complexity index is 508. The zero-order chi connectivity index (χ0) is 13.0. The molecule has 0 saturated carbocycles. The minimum atomic E-state index is 0.386. The Morgan fingerprint density at radius 1 is 1.11 bits per heavy atom. The standard InChI is InChI=1S/C15H21N3/c1-4-7-18-15(11(2)3)12-5-6-13-14(10-12)17-9-8-16-13/h5-6,8-11,15,18H,4,7H2,1-3H3. The fourth-order valence-electron chi connectivity index (χ4n) is 2.21. The molecule has 1 atom stereocenters. The monoisotopic (exact) mass is 243 g/mol. The van der Waals surface area contributed by atoms with Crippen LogP contribution in [0.1, 0.15) is 38.8 Å². The van der Waals surface area contributed by atoms with Gasteiger partial charge in [0.15, 0.2) is 0 Å². The second kappa shape index (κ2) is 5.91. The van der Waals surface area contributed by atoms with Crippen LogP contribution in [0.15, 0.2) is 30.6 Å². The van der Waals surface area contributed by atoms with E-state index >= 15 is 0 Å². The van der Waals surface area contributed by atoms with E-state index in [1.807, 2.05) is 0 Å². The van der Waals surface area contributed by atoms with Crippen molar-refractivity contribution in [1.82, 2.24) is 15.3 Å². The maximum atomic E-state index is 4.37. The minimum Gasteiger partial charge on any atom is -0.310 e. The molecule has 0 radical (unpaired) electrons. The van der Waals surface area contributed by atoms with Crippen molar-refractivity contribution in [1.29, 1.82) is 0 Å². The van der Waals surface area contributed by atoms with Crippen LogP contribution in [0.5, 0.6) is 0 Å². The first-order valence-electron chi connectivity index (χ1n) is 6.66. The van der Waals surface area contributed by atoms with Crippen LogP contribution in [0.3, 0.4) is 0 Å². The van der Waals surface area contributed by atoms with Crippen LogP contribution < -0.4 is 5.32 Å². The van der Waals surface area contributed by atoms with Gasteiger partial charge in [0.1, 0.15) is 0 Å². The summed E-state index contributed by atoms with van der Waals surface area (Å²) in [5, 5.41) is 3.60. The van der Waals surface area contributed by atoms with E-state index in [9.17, 15) is 0 Å². The second-order valence-corrected chi connectivity index (χ2v) is 4.98. The van der Waals surface area contributed by atoms with Gasteiger partial charge in [0, 0.05) is 18.4 Å². The predicted molar refractivity (Wildman–Crippen MR) is 75.4 cm³/mol.